The van der Waals surface area contributed by atoms with Crippen LogP contribution < -0.4 is 5.32 Å². The molecule has 2 aliphatic rings. The largest absolute Gasteiger partial charge is 0.381 e. The molecule has 3 heteroatoms. The first-order valence-electron chi connectivity index (χ1n) is 6.73. The molecule has 0 aliphatic carbocycles. The first-order valence-corrected chi connectivity index (χ1v) is 6.73. The fraction of sp³-hybridized carbons (Fsp3) is 1.00. The molecule has 0 radical (unpaired) electrons. The quantitative estimate of drug-likeness (QED) is 0.794. The first kappa shape index (κ1) is 12.3. The molecular weight excluding hydrogens is 202 g/mol. The fourth-order valence-electron chi connectivity index (χ4n) is 2.97. The first-order chi connectivity index (χ1) is 7.90. The van der Waals surface area contributed by atoms with Gasteiger partial charge in [-0.1, -0.05) is 0 Å². The maximum atomic E-state index is 5.59. The smallest absolute Gasteiger partial charge is 0.0509 e. The molecule has 2 heterocycles. The molecule has 0 aromatic carbocycles. The Hall–Kier alpha value is -0.120. The zero-order valence-electron chi connectivity index (χ0n) is 10.4. The van der Waals surface area contributed by atoms with E-state index in [0.29, 0.717) is 6.04 Å². The van der Waals surface area contributed by atoms with E-state index in [1.54, 1.807) is 0 Å². The van der Waals surface area contributed by atoms with Crippen molar-refractivity contribution in [3.05, 3.63) is 0 Å². The van der Waals surface area contributed by atoms with E-state index in [1.165, 1.54) is 32.1 Å². The molecule has 0 spiro atoms. The van der Waals surface area contributed by atoms with E-state index in [-0.39, 0.29) is 0 Å². The number of rotatable bonds is 4. The second kappa shape index (κ2) is 6.58. The monoisotopic (exact) mass is 227 g/mol. The molecule has 2 saturated heterocycles. The van der Waals surface area contributed by atoms with Crippen molar-refractivity contribution >= 4 is 0 Å². The van der Waals surface area contributed by atoms with Gasteiger partial charge in [-0.15, -0.1) is 0 Å². The van der Waals surface area contributed by atoms with Crippen molar-refractivity contribution in [3.8, 4) is 0 Å². The summed E-state index contributed by atoms with van der Waals surface area (Å²) >= 11 is 0. The lowest BCUT2D eigenvalue weighted by Crippen LogP contribution is -2.40. The predicted octanol–water partition coefficient (Wildman–Crippen LogP) is 1.82. The van der Waals surface area contributed by atoms with E-state index in [2.05, 4.69) is 12.4 Å². The molecule has 1 N–H and O–H groups in total. The van der Waals surface area contributed by atoms with E-state index in [1.807, 2.05) is 0 Å². The van der Waals surface area contributed by atoms with Crippen molar-refractivity contribution in [2.75, 3.05) is 33.5 Å². The molecule has 0 saturated carbocycles. The highest BCUT2D eigenvalue weighted by Crippen LogP contribution is 2.26. The minimum Gasteiger partial charge on any atom is -0.381 e. The summed E-state index contributed by atoms with van der Waals surface area (Å²) in [5.41, 5.74) is 0. The Bertz CT molecular complexity index is 186. The minimum absolute atomic E-state index is 0.642. The summed E-state index contributed by atoms with van der Waals surface area (Å²) < 4.78 is 11.0. The molecule has 0 bridgehead atoms. The Balaban J connectivity index is 1.78. The van der Waals surface area contributed by atoms with Crippen LogP contribution in [-0.4, -0.2) is 39.5 Å². The molecule has 94 valence electrons. The number of hydrogen-bond donors (Lipinski definition) is 1. The van der Waals surface area contributed by atoms with Crippen LogP contribution in [0.25, 0.3) is 0 Å². The van der Waals surface area contributed by atoms with Gasteiger partial charge in [0.05, 0.1) is 6.61 Å². The SMILES string of the molecule is CNC(CC1CCOCC1)C1CCCOC1. The van der Waals surface area contributed by atoms with Crippen molar-refractivity contribution in [2.45, 2.75) is 38.1 Å². The number of nitrogens with one attached hydrogen (secondary N) is 1. The zero-order valence-corrected chi connectivity index (χ0v) is 10.4. The van der Waals surface area contributed by atoms with Crippen LogP contribution in [0.2, 0.25) is 0 Å². The van der Waals surface area contributed by atoms with Crippen molar-refractivity contribution in [3.63, 3.8) is 0 Å². The number of hydrogen-bond acceptors (Lipinski definition) is 3. The lowest BCUT2D eigenvalue weighted by Gasteiger charge is -2.33. The van der Waals surface area contributed by atoms with Crippen LogP contribution in [-0.2, 0) is 9.47 Å². The van der Waals surface area contributed by atoms with Gasteiger partial charge in [0.25, 0.3) is 0 Å². The molecule has 0 aromatic rings. The molecule has 2 rings (SSSR count). The fourth-order valence-corrected chi connectivity index (χ4v) is 2.97. The van der Waals surface area contributed by atoms with Crippen LogP contribution in [0.1, 0.15) is 32.1 Å². The lowest BCUT2D eigenvalue weighted by molar-refractivity contribution is 0.0253. The van der Waals surface area contributed by atoms with Crippen molar-refractivity contribution in [2.24, 2.45) is 11.8 Å². The van der Waals surface area contributed by atoms with Gasteiger partial charge < -0.3 is 14.8 Å². The molecule has 16 heavy (non-hydrogen) atoms. The van der Waals surface area contributed by atoms with Gasteiger partial charge in [-0.2, -0.15) is 0 Å². The second-order valence-electron chi connectivity index (χ2n) is 5.16. The Morgan fingerprint density at radius 2 is 1.94 bits per heavy atom. The van der Waals surface area contributed by atoms with E-state index < -0.39 is 0 Å². The molecule has 2 aliphatic heterocycles. The number of ether oxygens (including phenoxy) is 2. The van der Waals surface area contributed by atoms with Crippen molar-refractivity contribution < 1.29 is 9.47 Å². The highest BCUT2D eigenvalue weighted by molar-refractivity contribution is 4.80. The van der Waals surface area contributed by atoms with Gasteiger partial charge in [0.2, 0.25) is 0 Å². The van der Waals surface area contributed by atoms with Crippen LogP contribution in [0.15, 0.2) is 0 Å². The van der Waals surface area contributed by atoms with Gasteiger partial charge >= 0.3 is 0 Å². The molecule has 2 atom stereocenters. The average molecular weight is 227 g/mol. The average Bonchev–Trinajstić information content (AvgIpc) is 2.38. The zero-order chi connectivity index (χ0) is 11.2. The van der Waals surface area contributed by atoms with E-state index >= 15 is 0 Å². The third-order valence-corrected chi connectivity index (χ3v) is 4.06. The summed E-state index contributed by atoms with van der Waals surface area (Å²) in [5.74, 6) is 1.58. The van der Waals surface area contributed by atoms with E-state index in [0.717, 1.165) is 38.3 Å². The third-order valence-electron chi connectivity index (χ3n) is 4.06. The third kappa shape index (κ3) is 3.44. The van der Waals surface area contributed by atoms with Crippen LogP contribution in [0.4, 0.5) is 0 Å². The minimum atomic E-state index is 0.642. The van der Waals surface area contributed by atoms with Gasteiger partial charge in [0, 0.05) is 25.9 Å². The summed E-state index contributed by atoms with van der Waals surface area (Å²) in [6, 6.07) is 0.642. The highest BCUT2D eigenvalue weighted by Gasteiger charge is 2.26. The molecule has 0 amide bonds. The Labute approximate surface area is 98.9 Å². The van der Waals surface area contributed by atoms with E-state index in [4.69, 9.17) is 9.47 Å². The maximum Gasteiger partial charge on any atom is 0.0509 e. The summed E-state index contributed by atoms with van der Waals surface area (Å²) in [5, 5.41) is 3.50. The van der Waals surface area contributed by atoms with Crippen LogP contribution in [0, 0.1) is 11.8 Å². The van der Waals surface area contributed by atoms with Crippen molar-refractivity contribution in [1.82, 2.24) is 5.32 Å². The Kier molecular flexibility index (Phi) is 5.07. The summed E-state index contributed by atoms with van der Waals surface area (Å²) in [6.45, 7) is 3.84. The van der Waals surface area contributed by atoms with Crippen molar-refractivity contribution in [1.29, 1.82) is 0 Å². The van der Waals surface area contributed by atoms with Gasteiger partial charge in [-0.25, -0.2) is 0 Å². The van der Waals surface area contributed by atoms with Crippen LogP contribution in [0.5, 0.6) is 0 Å². The normalized spacial score (nSPS) is 30.2. The highest BCUT2D eigenvalue weighted by atomic mass is 16.5. The van der Waals surface area contributed by atoms with E-state index in [9.17, 15) is 0 Å². The molecule has 0 aromatic heterocycles. The lowest BCUT2D eigenvalue weighted by atomic mass is 9.84. The van der Waals surface area contributed by atoms with Gasteiger partial charge in [0.15, 0.2) is 0 Å². The van der Waals surface area contributed by atoms with Crippen LogP contribution in [0.3, 0.4) is 0 Å². The van der Waals surface area contributed by atoms with Gasteiger partial charge in [-0.05, 0) is 51.0 Å². The topological polar surface area (TPSA) is 30.5 Å². The van der Waals surface area contributed by atoms with Gasteiger partial charge in [0.1, 0.15) is 0 Å². The Morgan fingerprint density at radius 1 is 1.12 bits per heavy atom. The predicted molar refractivity (Wildman–Crippen MR) is 64.6 cm³/mol. The molecule has 3 nitrogen and oxygen atoms in total. The Morgan fingerprint density at radius 3 is 2.56 bits per heavy atom. The summed E-state index contributed by atoms with van der Waals surface area (Å²) in [7, 11) is 2.10. The molecular formula is C13H25NO2. The van der Waals surface area contributed by atoms with Gasteiger partial charge in [-0.3, -0.25) is 0 Å². The second-order valence-corrected chi connectivity index (χ2v) is 5.16. The standard InChI is InChI=1S/C13H25NO2/c1-14-13(12-3-2-6-16-10-12)9-11-4-7-15-8-5-11/h11-14H,2-10H2,1H3. The summed E-state index contributed by atoms with van der Waals surface area (Å²) in [4.78, 5) is 0. The molecule has 2 fully saturated rings. The summed E-state index contributed by atoms with van der Waals surface area (Å²) in [6.07, 6.45) is 6.34. The molecule has 2 unspecified atom stereocenters. The van der Waals surface area contributed by atoms with Crippen LogP contribution >= 0.6 is 0 Å². The maximum absolute atomic E-state index is 5.59.